The molecule has 24 heavy (non-hydrogen) atoms. The van der Waals surface area contributed by atoms with Gasteiger partial charge in [-0.3, -0.25) is 4.40 Å². The van der Waals surface area contributed by atoms with Crippen molar-refractivity contribution >= 4 is 49.5 Å². The molecule has 0 fully saturated rings. The minimum Gasteiger partial charge on any atom is -0.454 e. The fourth-order valence-electron chi connectivity index (χ4n) is 3.75. The average molecular weight is 308 g/mol. The van der Waals surface area contributed by atoms with Crippen molar-refractivity contribution in [2.45, 2.75) is 0 Å². The number of hydrogen-bond donors (Lipinski definition) is 0. The lowest BCUT2D eigenvalue weighted by molar-refractivity contribution is 0.672. The van der Waals surface area contributed by atoms with Gasteiger partial charge in [0.2, 0.25) is 0 Å². The van der Waals surface area contributed by atoms with Crippen LogP contribution < -0.4 is 0 Å². The minimum absolute atomic E-state index is 0.905. The summed E-state index contributed by atoms with van der Waals surface area (Å²) in [4.78, 5) is 4.90. The number of hydrogen-bond acceptors (Lipinski definition) is 2. The van der Waals surface area contributed by atoms with E-state index in [0.717, 1.165) is 49.5 Å². The summed E-state index contributed by atoms with van der Waals surface area (Å²) in [5.41, 5.74) is 6.00. The average Bonchev–Trinajstić information content (AvgIpc) is 3.20. The molecule has 0 radical (unpaired) electrons. The zero-order valence-corrected chi connectivity index (χ0v) is 12.7. The lowest BCUT2D eigenvalue weighted by Gasteiger charge is -2.04. The molecule has 6 rings (SSSR count). The summed E-state index contributed by atoms with van der Waals surface area (Å²) in [7, 11) is 0. The van der Waals surface area contributed by atoms with Crippen LogP contribution in [-0.4, -0.2) is 9.38 Å². The SMILES string of the molecule is c1ccc2c(c1)nc1c3ccccc3c3oc4ccccc4c3n21. The highest BCUT2D eigenvalue weighted by Gasteiger charge is 2.18. The zero-order valence-electron chi connectivity index (χ0n) is 12.7. The van der Waals surface area contributed by atoms with Crippen molar-refractivity contribution in [3.63, 3.8) is 0 Å². The van der Waals surface area contributed by atoms with Gasteiger partial charge in [-0.05, 0) is 24.3 Å². The van der Waals surface area contributed by atoms with Crippen molar-refractivity contribution in [3.8, 4) is 0 Å². The molecule has 0 aliphatic heterocycles. The molecule has 3 heterocycles. The summed E-state index contributed by atoms with van der Waals surface area (Å²) in [6.45, 7) is 0. The number of benzene rings is 3. The number of imidazole rings is 1. The molecule has 6 aromatic rings. The van der Waals surface area contributed by atoms with E-state index in [0.29, 0.717) is 0 Å². The maximum absolute atomic E-state index is 6.24. The van der Waals surface area contributed by atoms with Crippen LogP contribution in [0.25, 0.3) is 49.5 Å². The monoisotopic (exact) mass is 308 g/mol. The van der Waals surface area contributed by atoms with Crippen LogP contribution >= 0.6 is 0 Å². The summed E-state index contributed by atoms with van der Waals surface area (Å²) in [5, 5.41) is 3.33. The van der Waals surface area contributed by atoms with Crippen LogP contribution in [0.5, 0.6) is 0 Å². The van der Waals surface area contributed by atoms with Gasteiger partial charge < -0.3 is 4.42 Å². The van der Waals surface area contributed by atoms with Gasteiger partial charge in [0.1, 0.15) is 16.7 Å². The van der Waals surface area contributed by atoms with E-state index in [-0.39, 0.29) is 0 Å². The Balaban J connectivity index is 2.10. The molecular weight excluding hydrogens is 296 g/mol. The first kappa shape index (κ1) is 12.1. The highest BCUT2D eigenvalue weighted by atomic mass is 16.3. The van der Waals surface area contributed by atoms with Crippen LogP contribution in [0, 0.1) is 0 Å². The summed E-state index contributed by atoms with van der Waals surface area (Å²) >= 11 is 0. The third-order valence-corrected chi connectivity index (χ3v) is 4.77. The molecule has 0 saturated carbocycles. The molecule has 0 saturated heterocycles. The first-order chi connectivity index (χ1) is 11.9. The van der Waals surface area contributed by atoms with Gasteiger partial charge in [0.15, 0.2) is 5.58 Å². The molecule has 0 aliphatic rings. The summed E-state index contributed by atoms with van der Waals surface area (Å²) < 4.78 is 8.48. The number of aromatic nitrogens is 2. The van der Waals surface area contributed by atoms with Crippen LogP contribution in [0.1, 0.15) is 0 Å². The molecule has 3 aromatic carbocycles. The first-order valence-corrected chi connectivity index (χ1v) is 8.01. The predicted molar refractivity (Wildman–Crippen MR) is 97.5 cm³/mol. The number of fused-ring (bicyclic) bond motifs is 10. The molecule has 0 N–H and O–H groups in total. The Labute approximate surface area is 136 Å². The topological polar surface area (TPSA) is 30.4 Å². The Morgan fingerprint density at radius 3 is 2.33 bits per heavy atom. The van der Waals surface area contributed by atoms with Crippen LogP contribution in [0.15, 0.2) is 77.2 Å². The first-order valence-electron chi connectivity index (χ1n) is 8.01. The van der Waals surface area contributed by atoms with Crippen LogP contribution in [-0.2, 0) is 0 Å². The normalized spacial score (nSPS) is 12.2. The van der Waals surface area contributed by atoms with Crippen LogP contribution in [0.3, 0.4) is 0 Å². The standard InChI is InChI=1S/C21H12N2O/c1-2-8-14-13(7-1)20-19(15-9-3-6-12-18(15)24-20)23-17-11-5-4-10-16(17)22-21(14)23/h1-12H. The summed E-state index contributed by atoms with van der Waals surface area (Å²) in [5.74, 6) is 0. The largest absolute Gasteiger partial charge is 0.454 e. The maximum atomic E-state index is 6.24. The smallest absolute Gasteiger partial charge is 0.160 e. The van der Waals surface area contributed by atoms with Crippen molar-refractivity contribution in [1.29, 1.82) is 0 Å². The van der Waals surface area contributed by atoms with E-state index in [1.165, 1.54) is 0 Å². The minimum atomic E-state index is 0.905. The molecule has 3 aromatic heterocycles. The molecular formula is C21H12N2O. The van der Waals surface area contributed by atoms with Crippen molar-refractivity contribution in [1.82, 2.24) is 9.38 Å². The van der Waals surface area contributed by atoms with Gasteiger partial charge >= 0.3 is 0 Å². The van der Waals surface area contributed by atoms with E-state index in [2.05, 4.69) is 52.9 Å². The van der Waals surface area contributed by atoms with Crippen LogP contribution in [0.4, 0.5) is 0 Å². The van der Waals surface area contributed by atoms with Gasteiger partial charge in [-0.1, -0.05) is 48.5 Å². The molecule has 0 amide bonds. The molecule has 0 atom stereocenters. The Kier molecular flexibility index (Phi) is 2.10. The lowest BCUT2D eigenvalue weighted by atomic mass is 10.1. The van der Waals surface area contributed by atoms with E-state index in [9.17, 15) is 0 Å². The number of pyridine rings is 1. The highest BCUT2D eigenvalue weighted by Crippen LogP contribution is 2.37. The lowest BCUT2D eigenvalue weighted by Crippen LogP contribution is -1.89. The second-order valence-corrected chi connectivity index (χ2v) is 6.08. The number of para-hydroxylation sites is 3. The summed E-state index contributed by atoms with van der Waals surface area (Å²) in [6, 6.07) is 24.8. The molecule has 112 valence electrons. The second kappa shape index (κ2) is 4.15. The third kappa shape index (κ3) is 1.35. The van der Waals surface area contributed by atoms with Gasteiger partial charge in [-0.15, -0.1) is 0 Å². The van der Waals surface area contributed by atoms with E-state index < -0.39 is 0 Å². The molecule has 0 bridgehead atoms. The highest BCUT2D eigenvalue weighted by molar-refractivity contribution is 6.18. The molecule has 0 spiro atoms. The quantitative estimate of drug-likeness (QED) is 0.369. The van der Waals surface area contributed by atoms with Crippen molar-refractivity contribution < 1.29 is 4.42 Å². The third-order valence-electron chi connectivity index (χ3n) is 4.77. The molecule has 0 aliphatic carbocycles. The zero-order chi connectivity index (χ0) is 15.7. The van der Waals surface area contributed by atoms with Gasteiger partial charge in [-0.2, -0.15) is 0 Å². The Morgan fingerprint density at radius 2 is 1.42 bits per heavy atom. The van der Waals surface area contributed by atoms with E-state index >= 15 is 0 Å². The molecule has 0 unspecified atom stereocenters. The van der Waals surface area contributed by atoms with Gasteiger partial charge in [0, 0.05) is 16.2 Å². The van der Waals surface area contributed by atoms with Crippen molar-refractivity contribution in [2.75, 3.05) is 0 Å². The van der Waals surface area contributed by atoms with Crippen molar-refractivity contribution in [3.05, 3.63) is 72.8 Å². The number of rotatable bonds is 0. The summed E-state index contributed by atoms with van der Waals surface area (Å²) in [6.07, 6.45) is 0. The predicted octanol–water partition coefficient (Wildman–Crippen LogP) is 5.54. The van der Waals surface area contributed by atoms with E-state index in [1.807, 2.05) is 24.3 Å². The molecule has 3 nitrogen and oxygen atoms in total. The fourth-order valence-corrected chi connectivity index (χ4v) is 3.75. The van der Waals surface area contributed by atoms with E-state index in [4.69, 9.17) is 9.40 Å². The van der Waals surface area contributed by atoms with Gasteiger partial charge in [-0.25, -0.2) is 4.98 Å². The Hall–Kier alpha value is -3.33. The van der Waals surface area contributed by atoms with Gasteiger partial charge in [0.05, 0.1) is 11.0 Å². The maximum Gasteiger partial charge on any atom is 0.160 e. The number of nitrogens with zero attached hydrogens (tertiary/aromatic N) is 2. The Bertz CT molecular complexity index is 1300. The Morgan fingerprint density at radius 1 is 0.708 bits per heavy atom. The van der Waals surface area contributed by atoms with E-state index in [1.54, 1.807) is 0 Å². The number of furan rings is 1. The molecule has 3 heteroatoms. The second-order valence-electron chi connectivity index (χ2n) is 6.08. The van der Waals surface area contributed by atoms with Crippen LogP contribution in [0.2, 0.25) is 0 Å². The van der Waals surface area contributed by atoms with Crippen molar-refractivity contribution in [2.24, 2.45) is 0 Å². The fraction of sp³-hybridized carbons (Fsp3) is 0. The van der Waals surface area contributed by atoms with Gasteiger partial charge in [0.25, 0.3) is 0 Å².